The third kappa shape index (κ3) is 4.55. The van der Waals surface area contributed by atoms with Crippen molar-refractivity contribution in [1.82, 2.24) is 9.78 Å². The van der Waals surface area contributed by atoms with Crippen molar-refractivity contribution in [3.05, 3.63) is 75.4 Å². The van der Waals surface area contributed by atoms with Crippen molar-refractivity contribution in [2.24, 2.45) is 0 Å². The number of anilines is 2. The first-order valence-corrected chi connectivity index (χ1v) is 9.20. The van der Waals surface area contributed by atoms with Crippen molar-refractivity contribution in [1.29, 1.82) is 0 Å². The van der Waals surface area contributed by atoms with Crippen LogP contribution in [-0.4, -0.2) is 14.9 Å². The van der Waals surface area contributed by atoms with Crippen molar-refractivity contribution in [3.8, 4) is 0 Å². The van der Waals surface area contributed by atoms with Crippen LogP contribution in [0.2, 0.25) is 10.0 Å². The van der Waals surface area contributed by atoms with Gasteiger partial charge in [-0.25, -0.2) is 0 Å². The van der Waals surface area contributed by atoms with Gasteiger partial charge in [-0.1, -0.05) is 47.5 Å². The molecule has 0 atom stereocenters. The third-order valence-electron chi connectivity index (χ3n) is 4.06. The van der Waals surface area contributed by atoms with E-state index < -0.39 is 0 Å². The van der Waals surface area contributed by atoms with Gasteiger partial charge in [-0.05, 0) is 61.0 Å². The largest absolute Gasteiger partial charge is 0.332 e. The van der Waals surface area contributed by atoms with E-state index >= 15 is 0 Å². The van der Waals surface area contributed by atoms with E-state index in [1.807, 2.05) is 43.3 Å². The van der Waals surface area contributed by atoms with Crippen LogP contribution in [0.1, 0.15) is 16.7 Å². The van der Waals surface area contributed by atoms with Gasteiger partial charge in [0, 0.05) is 16.9 Å². The zero-order valence-corrected chi connectivity index (χ0v) is 16.7. The van der Waals surface area contributed by atoms with Crippen LogP contribution < -0.4 is 10.6 Å². The lowest BCUT2D eigenvalue weighted by molar-refractivity contribution is 0.690. The predicted molar refractivity (Wildman–Crippen MR) is 114 cm³/mol. The summed E-state index contributed by atoms with van der Waals surface area (Å²) in [4.78, 5) is 0. The summed E-state index contributed by atoms with van der Waals surface area (Å²) in [6.45, 7) is 4.70. The van der Waals surface area contributed by atoms with Gasteiger partial charge in [0.2, 0.25) is 0 Å². The van der Waals surface area contributed by atoms with Crippen LogP contribution in [0, 0.1) is 13.8 Å². The van der Waals surface area contributed by atoms with Gasteiger partial charge in [-0.15, -0.1) is 0 Å². The number of halogens is 2. The fourth-order valence-corrected chi connectivity index (χ4v) is 3.02. The molecule has 3 rings (SSSR count). The molecule has 0 saturated heterocycles. The van der Waals surface area contributed by atoms with Crippen LogP contribution in [0.5, 0.6) is 0 Å². The van der Waals surface area contributed by atoms with Crippen LogP contribution in [0.4, 0.5) is 11.5 Å². The molecule has 0 aliphatic rings. The summed E-state index contributed by atoms with van der Waals surface area (Å²) < 4.78 is 1.76. The van der Waals surface area contributed by atoms with E-state index in [-0.39, 0.29) is 0 Å². The Hall–Kier alpha value is -2.08. The molecule has 26 heavy (non-hydrogen) atoms. The highest BCUT2D eigenvalue weighted by atomic mass is 35.5. The third-order valence-corrected chi connectivity index (χ3v) is 4.79. The van der Waals surface area contributed by atoms with Gasteiger partial charge in [0.15, 0.2) is 10.9 Å². The summed E-state index contributed by atoms with van der Waals surface area (Å²) in [6, 6.07) is 13.6. The second kappa shape index (κ2) is 8.08. The normalized spacial score (nSPS) is 10.6. The highest BCUT2D eigenvalue weighted by molar-refractivity contribution is 7.80. The lowest BCUT2D eigenvalue weighted by Crippen LogP contribution is -2.20. The second-order valence-corrected chi connectivity index (χ2v) is 7.23. The number of nitrogens with zero attached hydrogens (tertiary/aromatic N) is 2. The van der Waals surface area contributed by atoms with Crippen LogP contribution in [0.25, 0.3) is 0 Å². The van der Waals surface area contributed by atoms with E-state index in [0.29, 0.717) is 27.5 Å². The Labute approximate surface area is 168 Å². The standard InChI is InChI=1S/C19H18Cl2N4S/c1-12-4-3-5-17(13(12)2)22-19(26)23-18-16(21)11-25(24-18)10-14-6-8-15(20)9-7-14/h3-9,11H,10H2,1-2H3,(H2,22,23,24,26). The van der Waals surface area contributed by atoms with Gasteiger partial charge in [-0.2, -0.15) is 5.10 Å². The van der Waals surface area contributed by atoms with Crippen molar-refractivity contribution in [2.45, 2.75) is 20.4 Å². The van der Waals surface area contributed by atoms with Crippen molar-refractivity contribution in [2.75, 3.05) is 10.6 Å². The molecule has 0 aliphatic heterocycles. The summed E-state index contributed by atoms with van der Waals surface area (Å²) in [6.07, 6.45) is 1.76. The molecule has 0 fully saturated rings. The van der Waals surface area contributed by atoms with Gasteiger partial charge in [-0.3, -0.25) is 4.68 Å². The highest BCUT2D eigenvalue weighted by Gasteiger charge is 2.10. The molecule has 2 aromatic carbocycles. The van der Waals surface area contributed by atoms with E-state index in [1.54, 1.807) is 10.9 Å². The first-order valence-electron chi connectivity index (χ1n) is 8.04. The average molecular weight is 405 g/mol. The Morgan fingerprint density at radius 2 is 1.81 bits per heavy atom. The Morgan fingerprint density at radius 1 is 1.08 bits per heavy atom. The van der Waals surface area contributed by atoms with Crippen molar-refractivity contribution >= 4 is 52.0 Å². The highest BCUT2D eigenvalue weighted by Crippen LogP contribution is 2.22. The second-order valence-electron chi connectivity index (χ2n) is 5.98. The van der Waals surface area contributed by atoms with Gasteiger partial charge in [0.25, 0.3) is 0 Å². The zero-order chi connectivity index (χ0) is 18.7. The van der Waals surface area contributed by atoms with Crippen LogP contribution in [0.3, 0.4) is 0 Å². The minimum Gasteiger partial charge on any atom is -0.332 e. The molecule has 1 aromatic heterocycles. The molecule has 4 nitrogen and oxygen atoms in total. The number of benzene rings is 2. The van der Waals surface area contributed by atoms with Gasteiger partial charge in [0.1, 0.15) is 5.02 Å². The fraction of sp³-hybridized carbons (Fsp3) is 0.158. The molecule has 7 heteroatoms. The minimum absolute atomic E-state index is 0.442. The Bertz CT molecular complexity index is 935. The zero-order valence-electron chi connectivity index (χ0n) is 14.4. The first kappa shape index (κ1) is 18.7. The molecule has 0 saturated carbocycles. The number of rotatable bonds is 4. The van der Waals surface area contributed by atoms with E-state index in [1.165, 1.54) is 5.56 Å². The number of hydrogen-bond donors (Lipinski definition) is 2. The van der Waals surface area contributed by atoms with Gasteiger partial charge >= 0.3 is 0 Å². The summed E-state index contributed by atoms with van der Waals surface area (Å²) in [5.74, 6) is 0.517. The molecule has 134 valence electrons. The summed E-state index contributed by atoms with van der Waals surface area (Å²) >= 11 is 17.6. The van der Waals surface area contributed by atoms with Gasteiger partial charge in [0.05, 0.1) is 6.54 Å². The molecule has 0 spiro atoms. The monoisotopic (exact) mass is 404 g/mol. The molecule has 0 aliphatic carbocycles. The molecule has 2 N–H and O–H groups in total. The first-order chi connectivity index (χ1) is 12.4. The van der Waals surface area contributed by atoms with E-state index in [4.69, 9.17) is 35.4 Å². The lowest BCUT2D eigenvalue weighted by Gasteiger charge is -2.12. The van der Waals surface area contributed by atoms with Crippen molar-refractivity contribution in [3.63, 3.8) is 0 Å². The number of hydrogen-bond acceptors (Lipinski definition) is 2. The fourth-order valence-electron chi connectivity index (χ4n) is 2.49. The predicted octanol–water partition coefficient (Wildman–Crippen LogP) is 5.66. The maximum Gasteiger partial charge on any atom is 0.176 e. The maximum absolute atomic E-state index is 6.29. The Balaban J connectivity index is 1.68. The van der Waals surface area contributed by atoms with Gasteiger partial charge < -0.3 is 10.6 Å². The smallest absolute Gasteiger partial charge is 0.176 e. The topological polar surface area (TPSA) is 41.9 Å². The van der Waals surface area contributed by atoms with E-state index in [2.05, 4.69) is 28.7 Å². The SMILES string of the molecule is Cc1cccc(NC(=S)Nc2nn(Cc3ccc(Cl)cc3)cc2Cl)c1C. The van der Waals surface area contributed by atoms with Crippen LogP contribution in [-0.2, 0) is 6.54 Å². The molecule has 0 amide bonds. The Kier molecular flexibility index (Phi) is 5.81. The number of nitrogens with one attached hydrogen (secondary N) is 2. The number of aromatic nitrogens is 2. The average Bonchev–Trinajstić information content (AvgIpc) is 2.93. The quantitative estimate of drug-likeness (QED) is 0.550. The molecule has 1 heterocycles. The minimum atomic E-state index is 0.442. The molecular weight excluding hydrogens is 387 g/mol. The van der Waals surface area contributed by atoms with Crippen LogP contribution in [0.15, 0.2) is 48.7 Å². The molecule has 0 unspecified atom stereocenters. The lowest BCUT2D eigenvalue weighted by atomic mass is 10.1. The molecular formula is C19H18Cl2N4S. The van der Waals surface area contributed by atoms with E-state index in [9.17, 15) is 0 Å². The number of aryl methyl sites for hydroxylation is 1. The maximum atomic E-state index is 6.29. The molecule has 3 aromatic rings. The van der Waals surface area contributed by atoms with E-state index in [0.717, 1.165) is 16.8 Å². The summed E-state index contributed by atoms with van der Waals surface area (Å²) in [7, 11) is 0. The number of thiocarbonyl (C=S) groups is 1. The summed E-state index contributed by atoms with van der Waals surface area (Å²) in [5, 5.41) is 12.4. The Morgan fingerprint density at radius 3 is 2.54 bits per heavy atom. The molecule has 0 radical (unpaired) electrons. The van der Waals surface area contributed by atoms with Crippen molar-refractivity contribution < 1.29 is 0 Å². The van der Waals surface area contributed by atoms with Crippen LogP contribution >= 0.6 is 35.4 Å². The molecule has 0 bridgehead atoms. The summed E-state index contributed by atoms with van der Waals surface area (Å²) in [5.41, 5.74) is 4.38.